The van der Waals surface area contributed by atoms with Gasteiger partial charge in [0.1, 0.15) is 17.6 Å². The van der Waals surface area contributed by atoms with Crippen LogP contribution in [0.5, 0.6) is 5.75 Å². The maximum Gasteiger partial charge on any atom is 0.301 e. The van der Waals surface area contributed by atoms with Gasteiger partial charge in [0.15, 0.2) is 5.13 Å². The molecule has 1 saturated heterocycles. The molecule has 7 nitrogen and oxygen atoms in total. The number of aliphatic hydroxyl groups excluding tert-OH is 1. The van der Waals surface area contributed by atoms with E-state index in [1.54, 1.807) is 42.6 Å². The first-order chi connectivity index (χ1) is 18.1. The number of thiazole rings is 1. The largest absolute Gasteiger partial charge is 0.507 e. The zero-order chi connectivity index (χ0) is 27.2. The summed E-state index contributed by atoms with van der Waals surface area (Å²) in [6.07, 6.45) is 1.60. The van der Waals surface area contributed by atoms with Gasteiger partial charge in [-0.2, -0.15) is 0 Å². The average molecular weight is 528 g/mol. The van der Waals surface area contributed by atoms with Crippen LogP contribution in [-0.4, -0.2) is 33.4 Å². The number of rotatable bonds is 5. The number of amides is 1. The first-order valence-corrected chi connectivity index (χ1v) is 13.3. The van der Waals surface area contributed by atoms with Gasteiger partial charge >= 0.3 is 5.91 Å². The Morgan fingerprint density at radius 3 is 2.55 bits per heavy atom. The minimum Gasteiger partial charge on any atom is -0.507 e. The van der Waals surface area contributed by atoms with Gasteiger partial charge in [-0.3, -0.25) is 19.5 Å². The molecule has 0 bridgehead atoms. The minimum absolute atomic E-state index is 0.0214. The van der Waals surface area contributed by atoms with Crippen LogP contribution in [-0.2, 0) is 15.0 Å². The normalized spacial score (nSPS) is 17.4. The molecule has 0 aliphatic carbocycles. The Morgan fingerprint density at radius 2 is 1.89 bits per heavy atom. The lowest BCUT2D eigenvalue weighted by atomic mass is 9.87. The Kier molecular flexibility index (Phi) is 6.53. The van der Waals surface area contributed by atoms with Crippen molar-refractivity contribution >= 4 is 44.1 Å². The number of pyridine rings is 1. The zero-order valence-corrected chi connectivity index (χ0v) is 22.8. The summed E-state index contributed by atoms with van der Waals surface area (Å²) in [5.41, 5.74) is 3.50. The molecule has 2 aromatic heterocycles. The van der Waals surface area contributed by atoms with Crippen LogP contribution < -0.4 is 9.64 Å². The van der Waals surface area contributed by atoms with Crippen LogP contribution in [0.1, 0.15) is 56.1 Å². The van der Waals surface area contributed by atoms with E-state index in [0.29, 0.717) is 28.7 Å². The topological polar surface area (TPSA) is 92.6 Å². The number of ketones is 1. The van der Waals surface area contributed by atoms with Crippen LogP contribution >= 0.6 is 11.3 Å². The van der Waals surface area contributed by atoms with Crippen molar-refractivity contribution < 1.29 is 19.4 Å². The number of aromatic nitrogens is 2. The van der Waals surface area contributed by atoms with E-state index in [0.717, 1.165) is 21.3 Å². The van der Waals surface area contributed by atoms with Crippen molar-refractivity contribution in [2.24, 2.45) is 0 Å². The van der Waals surface area contributed by atoms with Crippen LogP contribution in [0.15, 0.2) is 66.4 Å². The molecule has 1 unspecified atom stereocenters. The number of hydrogen-bond donors (Lipinski definition) is 1. The lowest BCUT2D eigenvalue weighted by Crippen LogP contribution is -2.29. The number of hydrogen-bond acceptors (Lipinski definition) is 7. The van der Waals surface area contributed by atoms with E-state index >= 15 is 0 Å². The van der Waals surface area contributed by atoms with E-state index < -0.39 is 17.7 Å². The molecule has 0 saturated carbocycles. The van der Waals surface area contributed by atoms with Crippen LogP contribution in [0, 0.1) is 6.92 Å². The second kappa shape index (κ2) is 9.68. The van der Waals surface area contributed by atoms with Gasteiger partial charge in [-0.05, 0) is 72.9 Å². The summed E-state index contributed by atoms with van der Waals surface area (Å²) < 4.78 is 6.53. The fraction of sp³-hybridized carbons (Fsp3) is 0.267. The van der Waals surface area contributed by atoms with E-state index in [4.69, 9.17) is 9.72 Å². The van der Waals surface area contributed by atoms with Gasteiger partial charge in [0, 0.05) is 11.8 Å². The summed E-state index contributed by atoms with van der Waals surface area (Å²) in [4.78, 5) is 37.5. The number of ether oxygens (including phenoxy) is 1. The molecule has 1 N–H and O–H groups in total. The Bertz CT molecular complexity index is 1580. The highest BCUT2D eigenvalue weighted by Crippen LogP contribution is 2.44. The average Bonchev–Trinajstić information content (AvgIpc) is 3.42. The number of nitrogens with zero attached hydrogens (tertiary/aromatic N) is 3. The molecule has 1 atom stereocenters. The Labute approximate surface area is 225 Å². The first kappa shape index (κ1) is 25.6. The summed E-state index contributed by atoms with van der Waals surface area (Å²) >= 11 is 1.34. The third-order valence-corrected chi connectivity index (χ3v) is 7.63. The van der Waals surface area contributed by atoms with Crippen molar-refractivity contribution in [2.45, 2.75) is 46.1 Å². The molecule has 0 spiro atoms. The van der Waals surface area contributed by atoms with Crippen LogP contribution in [0.4, 0.5) is 5.13 Å². The lowest BCUT2D eigenvalue weighted by Gasteiger charge is -2.22. The molecule has 4 aromatic rings. The molecule has 1 amide bonds. The second-order valence-corrected chi connectivity index (χ2v) is 11.3. The monoisotopic (exact) mass is 527 g/mol. The van der Waals surface area contributed by atoms with Gasteiger partial charge in [0.05, 0.1) is 28.1 Å². The number of aliphatic hydroxyl groups is 1. The molecule has 1 aliphatic heterocycles. The standard InChI is InChI=1S/C30H29N3O4S/c1-6-37-22-13-10-18(15-17(22)2)26(34)24-25(21-9-7-8-14-31-21)33(28(36)27(24)35)29-32-20-12-11-19(30(3,4)5)16-23(20)38-29/h7-16,25,34H,6H2,1-5H3/b26-24+. The van der Waals surface area contributed by atoms with E-state index in [9.17, 15) is 14.7 Å². The van der Waals surface area contributed by atoms with Crippen molar-refractivity contribution in [1.29, 1.82) is 0 Å². The molecule has 2 aromatic carbocycles. The minimum atomic E-state index is -0.925. The number of anilines is 1. The Hall–Kier alpha value is -4.04. The summed E-state index contributed by atoms with van der Waals surface area (Å²) in [7, 11) is 0. The van der Waals surface area contributed by atoms with E-state index in [1.807, 2.05) is 26.0 Å². The zero-order valence-electron chi connectivity index (χ0n) is 22.0. The van der Waals surface area contributed by atoms with Crippen molar-refractivity contribution in [1.82, 2.24) is 9.97 Å². The highest BCUT2D eigenvalue weighted by molar-refractivity contribution is 7.22. The number of benzene rings is 2. The third-order valence-electron chi connectivity index (χ3n) is 6.61. The molecule has 38 heavy (non-hydrogen) atoms. The van der Waals surface area contributed by atoms with Gasteiger partial charge in [0.25, 0.3) is 5.78 Å². The molecule has 194 valence electrons. The summed E-state index contributed by atoms with van der Waals surface area (Å²) in [5, 5.41) is 11.8. The lowest BCUT2D eigenvalue weighted by molar-refractivity contribution is -0.132. The molecular weight excluding hydrogens is 498 g/mol. The second-order valence-electron chi connectivity index (χ2n) is 10.3. The van der Waals surface area contributed by atoms with Gasteiger partial charge in [0.2, 0.25) is 0 Å². The number of fused-ring (bicyclic) bond motifs is 1. The Balaban J connectivity index is 1.67. The number of carbonyl (C=O) groups is 2. The summed E-state index contributed by atoms with van der Waals surface area (Å²) in [6.45, 7) is 10.7. The molecule has 8 heteroatoms. The maximum atomic E-state index is 13.5. The summed E-state index contributed by atoms with van der Waals surface area (Å²) in [5.74, 6) is -1.10. The van der Waals surface area contributed by atoms with E-state index in [2.05, 4.69) is 31.8 Å². The van der Waals surface area contributed by atoms with Crippen molar-refractivity contribution in [2.75, 3.05) is 11.5 Å². The summed E-state index contributed by atoms with van der Waals surface area (Å²) in [6, 6.07) is 15.6. The fourth-order valence-electron chi connectivity index (χ4n) is 4.60. The van der Waals surface area contributed by atoms with Crippen molar-refractivity contribution in [3.05, 3.63) is 88.8 Å². The third kappa shape index (κ3) is 4.45. The van der Waals surface area contributed by atoms with Gasteiger partial charge < -0.3 is 9.84 Å². The van der Waals surface area contributed by atoms with Crippen molar-refractivity contribution in [3.8, 4) is 5.75 Å². The van der Waals surface area contributed by atoms with E-state index in [1.165, 1.54) is 16.2 Å². The quantitative estimate of drug-likeness (QED) is 0.185. The van der Waals surface area contributed by atoms with Crippen LogP contribution in [0.25, 0.3) is 16.0 Å². The van der Waals surface area contributed by atoms with Crippen LogP contribution in [0.2, 0.25) is 0 Å². The van der Waals surface area contributed by atoms with Gasteiger partial charge in [-0.25, -0.2) is 4.98 Å². The van der Waals surface area contributed by atoms with Crippen LogP contribution in [0.3, 0.4) is 0 Å². The number of Topliss-reactive ketones (excluding diaryl/α,β-unsaturated/α-hetero) is 1. The number of carbonyl (C=O) groups excluding carboxylic acids is 2. The predicted molar refractivity (Wildman–Crippen MR) is 150 cm³/mol. The molecule has 5 rings (SSSR count). The maximum absolute atomic E-state index is 13.5. The number of aryl methyl sites for hydroxylation is 1. The fourth-order valence-corrected chi connectivity index (χ4v) is 5.63. The molecule has 1 fully saturated rings. The molecular formula is C30H29N3O4S. The smallest absolute Gasteiger partial charge is 0.301 e. The van der Waals surface area contributed by atoms with Gasteiger partial charge in [-0.15, -0.1) is 0 Å². The highest BCUT2D eigenvalue weighted by Gasteiger charge is 2.48. The predicted octanol–water partition coefficient (Wildman–Crippen LogP) is 6.32. The highest BCUT2D eigenvalue weighted by atomic mass is 32.1. The molecule has 1 aliphatic rings. The van der Waals surface area contributed by atoms with Crippen molar-refractivity contribution in [3.63, 3.8) is 0 Å². The first-order valence-electron chi connectivity index (χ1n) is 12.5. The van der Waals surface area contributed by atoms with E-state index in [-0.39, 0.29) is 16.7 Å². The molecule has 3 heterocycles. The molecule has 0 radical (unpaired) electrons. The SMILES string of the molecule is CCOc1ccc(/C(O)=C2\C(=O)C(=O)N(c3nc4ccc(C(C)(C)C)cc4s3)C2c2ccccn2)cc1C. The Morgan fingerprint density at radius 1 is 1.11 bits per heavy atom. The van der Waals surface area contributed by atoms with Gasteiger partial charge in [-0.1, -0.05) is 44.2 Å².